The first-order chi connectivity index (χ1) is 6.07. The lowest BCUT2D eigenvalue weighted by Crippen LogP contribution is -2.35. The molecule has 1 heterocycles. The highest BCUT2D eigenvalue weighted by molar-refractivity contribution is 5.93. The van der Waals surface area contributed by atoms with Crippen LogP contribution in [0.3, 0.4) is 0 Å². The minimum absolute atomic E-state index is 0.0862. The van der Waals surface area contributed by atoms with Crippen molar-refractivity contribution in [2.24, 2.45) is 0 Å². The molecule has 0 aromatic carbocycles. The third-order valence-electron chi connectivity index (χ3n) is 1.71. The minimum atomic E-state index is -0.609. The van der Waals surface area contributed by atoms with Crippen molar-refractivity contribution in [3.05, 3.63) is 28.6 Å². The lowest BCUT2D eigenvalue weighted by atomic mass is 10.2. The molecule has 1 rings (SSSR count). The number of pyridine rings is 1. The number of nitrogens with zero attached hydrogens (tertiary/aromatic N) is 1. The molecule has 2 N–H and O–H groups in total. The summed E-state index contributed by atoms with van der Waals surface area (Å²) in [6, 6.07) is 2.97. The Labute approximate surface area is 75.3 Å². The zero-order valence-corrected chi connectivity index (χ0v) is 7.40. The molecule has 0 unspecified atom stereocenters. The highest BCUT2D eigenvalue weighted by atomic mass is 16.5. The molecule has 0 atom stereocenters. The molecule has 70 valence electrons. The van der Waals surface area contributed by atoms with Gasteiger partial charge in [0.15, 0.2) is 0 Å². The molecule has 0 spiro atoms. The van der Waals surface area contributed by atoms with E-state index in [1.807, 2.05) is 0 Å². The standard InChI is InChI=1S/C8H10N2O3/c1-5-3-4-6(8(11)13-2)7(9)10(5)12/h3-4H,9H2,1-2H3. The summed E-state index contributed by atoms with van der Waals surface area (Å²) in [5.41, 5.74) is 5.93. The van der Waals surface area contributed by atoms with Crippen molar-refractivity contribution in [2.75, 3.05) is 12.8 Å². The molecule has 1 aromatic rings. The van der Waals surface area contributed by atoms with Gasteiger partial charge in [-0.15, -0.1) is 0 Å². The third-order valence-corrected chi connectivity index (χ3v) is 1.71. The van der Waals surface area contributed by atoms with Crippen LogP contribution in [-0.4, -0.2) is 13.1 Å². The predicted octanol–water partition coefficient (Wildman–Crippen LogP) is -0.00278. The van der Waals surface area contributed by atoms with Crippen LogP contribution in [0.25, 0.3) is 0 Å². The van der Waals surface area contributed by atoms with Crippen molar-refractivity contribution in [3.8, 4) is 0 Å². The summed E-state index contributed by atoms with van der Waals surface area (Å²) < 4.78 is 4.93. The molecule has 0 fully saturated rings. The lowest BCUT2D eigenvalue weighted by molar-refractivity contribution is -0.597. The van der Waals surface area contributed by atoms with Crippen LogP contribution in [0.15, 0.2) is 12.1 Å². The van der Waals surface area contributed by atoms with Gasteiger partial charge in [-0.1, -0.05) is 0 Å². The fourth-order valence-electron chi connectivity index (χ4n) is 0.939. The number of aromatic nitrogens is 1. The molecule has 5 heteroatoms. The van der Waals surface area contributed by atoms with Crippen LogP contribution in [0.4, 0.5) is 5.82 Å². The van der Waals surface area contributed by atoms with Gasteiger partial charge in [0, 0.05) is 0 Å². The first-order valence-electron chi connectivity index (χ1n) is 3.65. The van der Waals surface area contributed by atoms with E-state index in [1.54, 1.807) is 6.92 Å². The highest BCUT2D eigenvalue weighted by Gasteiger charge is 2.16. The average Bonchev–Trinajstić information content (AvgIpc) is 2.13. The minimum Gasteiger partial charge on any atom is -0.710 e. The van der Waals surface area contributed by atoms with Crippen molar-refractivity contribution in [2.45, 2.75) is 6.92 Å². The molecule has 0 saturated carbocycles. The van der Waals surface area contributed by atoms with Gasteiger partial charge in [0.1, 0.15) is 11.3 Å². The van der Waals surface area contributed by atoms with Gasteiger partial charge in [-0.05, 0) is 19.1 Å². The van der Waals surface area contributed by atoms with Crippen LogP contribution in [0.5, 0.6) is 0 Å². The van der Waals surface area contributed by atoms with Crippen molar-refractivity contribution in [1.29, 1.82) is 0 Å². The molecule has 0 aliphatic rings. The first kappa shape index (κ1) is 9.31. The van der Waals surface area contributed by atoms with E-state index >= 15 is 0 Å². The first-order valence-corrected chi connectivity index (χ1v) is 3.65. The highest BCUT2D eigenvalue weighted by Crippen LogP contribution is 2.08. The van der Waals surface area contributed by atoms with E-state index in [-0.39, 0.29) is 11.4 Å². The number of esters is 1. The van der Waals surface area contributed by atoms with Gasteiger partial charge in [-0.2, -0.15) is 0 Å². The summed E-state index contributed by atoms with van der Waals surface area (Å²) in [6.45, 7) is 1.60. The normalized spacial score (nSPS) is 9.69. The number of methoxy groups -OCH3 is 1. The largest absolute Gasteiger partial charge is 0.710 e. The van der Waals surface area contributed by atoms with Crippen LogP contribution in [0.1, 0.15) is 16.1 Å². The van der Waals surface area contributed by atoms with Crippen LogP contribution >= 0.6 is 0 Å². The molecule has 0 amide bonds. The molecule has 5 nitrogen and oxygen atoms in total. The molecule has 0 bridgehead atoms. The number of nitrogens with two attached hydrogens (primary N) is 1. The van der Waals surface area contributed by atoms with Gasteiger partial charge in [-0.3, -0.25) is 5.73 Å². The summed E-state index contributed by atoms with van der Waals surface area (Å²) in [7, 11) is 1.23. The fraction of sp³-hybridized carbons (Fsp3) is 0.250. The lowest BCUT2D eigenvalue weighted by Gasteiger charge is -2.10. The molecule has 0 radical (unpaired) electrons. The number of hydrogen-bond acceptors (Lipinski definition) is 4. The van der Waals surface area contributed by atoms with Gasteiger partial charge >= 0.3 is 5.97 Å². The molecule has 1 aromatic heterocycles. The zero-order chi connectivity index (χ0) is 10.0. The summed E-state index contributed by atoms with van der Waals surface area (Å²) in [5, 5.41) is 11.2. The Morgan fingerprint density at radius 3 is 2.77 bits per heavy atom. The Morgan fingerprint density at radius 1 is 1.62 bits per heavy atom. The zero-order valence-electron chi connectivity index (χ0n) is 7.40. The number of aryl methyl sites for hydroxylation is 1. The van der Waals surface area contributed by atoms with E-state index in [0.29, 0.717) is 10.4 Å². The second-order valence-corrected chi connectivity index (χ2v) is 2.56. The number of ether oxygens (including phenoxy) is 1. The molecule has 0 aliphatic heterocycles. The fourth-order valence-corrected chi connectivity index (χ4v) is 0.939. The molecular formula is C8H10N2O3. The SMILES string of the molecule is COC(=O)c1ccc(C)[n+]([O-])c1N. The maximum Gasteiger partial charge on any atom is 0.346 e. The maximum atomic E-state index is 11.2. The molecule has 13 heavy (non-hydrogen) atoms. The van der Waals surface area contributed by atoms with E-state index in [4.69, 9.17) is 5.73 Å². The Bertz CT molecular complexity index is 349. The monoisotopic (exact) mass is 182 g/mol. The summed E-state index contributed by atoms with van der Waals surface area (Å²) in [5.74, 6) is -0.742. The van der Waals surface area contributed by atoms with Crippen molar-refractivity contribution in [3.63, 3.8) is 0 Å². The van der Waals surface area contributed by atoms with E-state index < -0.39 is 5.97 Å². The number of nitrogen functional groups attached to an aromatic ring is 1. The van der Waals surface area contributed by atoms with Gasteiger partial charge in [-0.25, -0.2) is 9.52 Å². The Morgan fingerprint density at radius 2 is 2.23 bits per heavy atom. The topological polar surface area (TPSA) is 79.3 Å². The number of carbonyl (C=O) groups excluding carboxylic acids is 1. The Balaban J connectivity index is 3.26. The van der Waals surface area contributed by atoms with Gasteiger partial charge in [0.2, 0.25) is 0 Å². The second kappa shape index (κ2) is 3.30. The summed E-state index contributed by atoms with van der Waals surface area (Å²) >= 11 is 0. The maximum absolute atomic E-state index is 11.2. The van der Waals surface area contributed by atoms with Crippen LogP contribution in [-0.2, 0) is 4.74 Å². The Kier molecular flexibility index (Phi) is 2.36. The van der Waals surface area contributed by atoms with Crippen LogP contribution in [0.2, 0.25) is 0 Å². The van der Waals surface area contributed by atoms with Crippen molar-refractivity contribution in [1.82, 2.24) is 0 Å². The van der Waals surface area contributed by atoms with Crippen LogP contribution in [0, 0.1) is 12.1 Å². The number of rotatable bonds is 1. The quantitative estimate of drug-likeness (QED) is 0.376. The van der Waals surface area contributed by atoms with E-state index in [0.717, 1.165) is 0 Å². The number of anilines is 1. The van der Waals surface area contributed by atoms with Crippen LogP contribution < -0.4 is 10.5 Å². The molecule has 0 aliphatic carbocycles. The van der Waals surface area contributed by atoms with Crippen molar-refractivity contribution >= 4 is 11.8 Å². The smallest absolute Gasteiger partial charge is 0.346 e. The van der Waals surface area contributed by atoms with Gasteiger partial charge in [0.25, 0.3) is 5.82 Å². The predicted molar refractivity (Wildman–Crippen MR) is 45.9 cm³/mol. The Hall–Kier alpha value is -1.78. The van der Waals surface area contributed by atoms with E-state index in [9.17, 15) is 10.0 Å². The summed E-state index contributed by atoms with van der Waals surface area (Å²) in [4.78, 5) is 11.0. The number of hydrogen-bond donors (Lipinski definition) is 1. The van der Waals surface area contributed by atoms with Crippen molar-refractivity contribution < 1.29 is 14.3 Å². The summed E-state index contributed by atoms with van der Waals surface area (Å²) in [6.07, 6.45) is 0. The molecule has 0 saturated heterocycles. The van der Waals surface area contributed by atoms with E-state index in [1.165, 1.54) is 19.2 Å². The second-order valence-electron chi connectivity index (χ2n) is 2.56. The van der Waals surface area contributed by atoms with E-state index in [2.05, 4.69) is 4.74 Å². The number of carbonyl (C=O) groups is 1. The third kappa shape index (κ3) is 1.53. The van der Waals surface area contributed by atoms with Gasteiger partial charge < -0.3 is 9.94 Å². The van der Waals surface area contributed by atoms with Gasteiger partial charge in [0.05, 0.1) is 7.11 Å². The average molecular weight is 182 g/mol. The molecular weight excluding hydrogens is 172 g/mol.